The van der Waals surface area contributed by atoms with Gasteiger partial charge in [-0.15, -0.1) is 0 Å². The van der Waals surface area contributed by atoms with Crippen molar-refractivity contribution in [1.82, 2.24) is 10.2 Å². The van der Waals surface area contributed by atoms with E-state index in [1.165, 1.54) is 24.9 Å². The maximum Gasteiger partial charge on any atom is 0.0410 e. The average molecular weight is 318 g/mol. The van der Waals surface area contributed by atoms with Gasteiger partial charge in [0, 0.05) is 28.6 Å². The molecular weight excluding hydrogens is 300 g/mol. The standard InChI is InChI=1S/C13H18BrClN2/c1-17-6-2-3-12(17)9-16-8-10-7-11(15)4-5-13(10)14/h4-5,7,12,16H,2-3,6,8-9H2,1H3. The first-order valence-corrected chi connectivity index (χ1v) is 7.19. The van der Waals surface area contributed by atoms with Gasteiger partial charge in [0.1, 0.15) is 0 Å². The third kappa shape index (κ3) is 3.68. The van der Waals surface area contributed by atoms with Gasteiger partial charge >= 0.3 is 0 Å². The molecule has 1 aliphatic heterocycles. The highest BCUT2D eigenvalue weighted by Gasteiger charge is 2.19. The van der Waals surface area contributed by atoms with Gasteiger partial charge in [-0.05, 0) is 50.2 Å². The molecule has 1 heterocycles. The molecule has 0 amide bonds. The number of nitrogens with zero attached hydrogens (tertiary/aromatic N) is 1. The van der Waals surface area contributed by atoms with Crippen LogP contribution in [0, 0.1) is 0 Å². The highest BCUT2D eigenvalue weighted by Crippen LogP contribution is 2.21. The van der Waals surface area contributed by atoms with Gasteiger partial charge in [-0.25, -0.2) is 0 Å². The molecule has 0 radical (unpaired) electrons. The quantitative estimate of drug-likeness (QED) is 0.917. The largest absolute Gasteiger partial charge is 0.311 e. The Hall–Kier alpha value is -0.0900. The van der Waals surface area contributed by atoms with Crippen molar-refractivity contribution in [2.24, 2.45) is 0 Å². The second-order valence-electron chi connectivity index (χ2n) is 4.64. The lowest BCUT2D eigenvalue weighted by Crippen LogP contribution is -2.35. The number of hydrogen-bond acceptors (Lipinski definition) is 2. The maximum absolute atomic E-state index is 5.99. The van der Waals surface area contributed by atoms with E-state index in [9.17, 15) is 0 Å². The van der Waals surface area contributed by atoms with E-state index >= 15 is 0 Å². The Balaban J connectivity index is 1.83. The minimum absolute atomic E-state index is 0.688. The van der Waals surface area contributed by atoms with Crippen LogP contribution in [0.5, 0.6) is 0 Å². The van der Waals surface area contributed by atoms with Crippen molar-refractivity contribution in [3.8, 4) is 0 Å². The summed E-state index contributed by atoms with van der Waals surface area (Å²) in [6.45, 7) is 3.15. The fourth-order valence-electron chi connectivity index (χ4n) is 2.29. The van der Waals surface area contributed by atoms with E-state index in [2.05, 4.69) is 33.2 Å². The zero-order valence-electron chi connectivity index (χ0n) is 10.0. The second kappa shape index (κ2) is 6.19. The summed E-state index contributed by atoms with van der Waals surface area (Å²) in [6, 6.07) is 6.60. The van der Waals surface area contributed by atoms with Gasteiger partial charge in [-0.1, -0.05) is 27.5 Å². The van der Waals surface area contributed by atoms with Crippen LogP contribution in [0.1, 0.15) is 18.4 Å². The molecule has 1 atom stereocenters. The van der Waals surface area contributed by atoms with Crippen LogP contribution < -0.4 is 5.32 Å². The summed E-state index contributed by atoms with van der Waals surface area (Å²) in [6.07, 6.45) is 2.63. The first kappa shape index (κ1) is 13.3. The molecule has 0 bridgehead atoms. The molecule has 94 valence electrons. The second-order valence-corrected chi connectivity index (χ2v) is 5.93. The van der Waals surface area contributed by atoms with Gasteiger partial charge in [0.2, 0.25) is 0 Å². The molecule has 2 nitrogen and oxygen atoms in total. The Morgan fingerprint density at radius 1 is 1.53 bits per heavy atom. The van der Waals surface area contributed by atoms with Crippen LogP contribution in [0.15, 0.2) is 22.7 Å². The van der Waals surface area contributed by atoms with Gasteiger partial charge in [-0.3, -0.25) is 0 Å². The van der Waals surface area contributed by atoms with Gasteiger partial charge in [0.05, 0.1) is 0 Å². The zero-order valence-corrected chi connectivity index (χ0v) is 12.4. The van der Waals surface area contributed by atoms with E-state index in [0.717, 1.165) is 22.6 Å². The summed E-state index contributed by atoms with van der Waals surface area (Å²) in [7, 11) is 2.20. The molecule has 0 spiro atoms. The van der Waals surface area contributed by atoms with E-state index in [4.69, 9.17) is 11.6 Å². The number of likely N-dealkylation sites (N-methyl/N-ethyl adjacent to an activating group) is 1. The lowest BCUT2D eigenvalue weighted by molar-refractivity contribution is 0.300. The van der Waals surface area contributed by atoms with Crippen molar-refractivity contribution >= 4 is 27.5 Å². The number of halogens is 2. The molecule has 1 aromatic carbocycles. The first-order chi connectivity index (χ1) is 8.16. The smallest absolute Gasteiger partial charge is 0.0410 e. The fraction of sp³-hybridized carbons (Fsp3) is 0.538. The molecule has 17 heavy (non-hydrogen) atoms. The molecule has 0 saturated carbocycles. The fourth-order valence-corrected chi connectivity index (χ4v) is 2.87. The van der Waals surface area contributed by atoms with E-state index in [1.807, 2.05) is 18.2 Å². The molecule has 2 rings (SSSR count). The number of hydrogen-bond donors (Lipinski definition) is 1. The van der Waals surface area contributed by atoms with E-state index < -0.39 is 0 Å². The zero-order chi connectivity index (χ0) is 12.3. The van der Waals surface area contributed by atoms with E-state index in [1.54, 1.807) is 0 Å². The van der Waals surface area contributed by atoms with Gasteiger partial charge in [-0.2, -0.15) is 0 Å². The number of benzene rings is 1. The third-order valence-electron chi connectivity index (χ3n) is 3.37. The summed E-state index contributed by atoms with van der Waals surface area (Å²) >= 11 is 9.54. The lowest BCUT2D eigenvalue weighted by Gasteiger charge is -2.20. The van der Waals surface area contributed by atoms with Crippen molar-refractivity contribution in [3.63, 3.8) is 0 Å². The summed E-state index contributed by atoms with van der Waals surface area (Å²) in [5.74, 6) is 0. The summed E-state index contributed by atoms with van der Waals surface area (Å²) < 4.78 is 1.12. The van der Waals surface area contributed by atoms with Crippen LogP contribution in [0.25, 0.3) is 0 Å². The molecule has 4 heteroatoms. The molecule has 1 unspecified atom stereocenters. The minimum Gasteiger partial charge on any atom is -0.311 e. The molecule has 1 N–H and O–H groups in total. The number of nitrogens with one attached hydrogen (secondary N) is 1. The molecule has 1 aromatic rings. The topological polar surface area (TPSA) is 15.3 Å². The predicted molar refractivity (Wildman–Crippen MR) is 76.5 cm³/mol. The monoisotopic (exact) mass is 316 g/mol. The number of likely N-dealkylation sites (tertiary alicyclic amines) is 1. The average Bonchev–Trinajstić information content (AvgIpc) is 2.70. The normalized spacial score (nSPS) is 21.0. The number of rotatable bonds is 4. The van der Waals surface area contributed by atoms with Crippen LogP contribution in [-0.4, -0.2) is 31.1 Å². The third-order valence-corrected chi connectivity index (χ3v) is 4.38. The summed E-state index contributed by atoms with van der Waals surface area (Å²) in [5.41, 5.74) is 1.22. The highest BCUT2D eigenvalue weighted by atomic mass is 79.9. The first-order valence-electron chi connectivity index (χ1n) is 6.01. The van der Waals surface area contributed by atoms with Crippen molar-refractivity contribution in [2.75, 3.05) is 20.1 Å². The van der Waals surface area contributed by atoms with E-state index in [0.29, 0.717) is 6.04 Å². The minimum atomic E-state index is 0.688. The maximum atomic E-state index is 5.99. The van der Waals surface area contributed by atoms with E-state index in [-0.39, 0.29) is 0 Å². The van der Waals surface area contributed by atoms with Gasteiger partial charge in [0.15, 0.2) is 0 Å². The van der Waals surface area contributed by atoms with Crippen LogP contribution in [-0.2, 0) is 6.54 Å². The Morgan fingerprint density at radius 2 is 2.35 bits per heavy atom. The highest BCUT2D eigenvalue weighted by molar-refractivity contribution is 9.10. The Bertz CT molecular complexity index is 384. The summed E-state index contributed by atoms with van der Waals surface area (Å²) in [4.78, 5) is 2.43. The van der Waals surface area contributed by atoms with Crippen LogP contribution in [0.4, 0.5) is 0 Å². The predicted octanol–water partition coefficient (Wildman–Crippen LogP) is 3.29. The molecular formula is C13H18BrClN2. The molecule has 0 aliphatic carbocycles. The van der Waals surface area contributed by atoms with Crippen LogP contribution >= 0.6 is 27.5 Å². The Labute approximate surface area is 116 Å². The Kier molecular flexibility index (Phi) is 4.86. The van der Waals surface area contributed by atoms with Crippen molar-refractivity contribution in [1.29, 1.82) is 0 Å². The van der Waals surface area contributed by atoms with Crippen molar-refractivity contribution in [3.05, 3.63) is 33.3 Å². The van der Waals surface area contributed by atoms with Crippen molar-refractivity contribution in [2.45, 2.75) is 25.4 Å². The van der Waals surface area contributed by atoms with Crippen LogP contribution in [0.2, 0.25) is 5.02 Å². The van der Waals surface area contributed by atoms with Crippen molar-refractivity contribution < 1.29 is 0 Å². The lowest BCUT2D eigenvalue weighted by atomic mass is 10.2. The Morgan fingerprint density at radius 3 is 3.06 bits per heavy atom. The summed E-state index contributed by atoms with van der Waals surface area (Å²) in [5, 5.41) is 4.31. The molecule has 1 fully saturated rings. The van der Waals surface area contributed by atoms with Gasteiger partial charge < -0.3 is 10.2 Å². The van der Waals surface area contributed by atoms with Gasteiger partial charge in [0.25, 0.3) is 0 Å². The molecule has 0 aromatic heterocycles. The molecule has 1 saturated heterocycles. The SMILES string of the molecule is CN1CCCC1CNCc1cc(Cl)ccc1Br. The van der Waals surface area contributed by atoms with Crippen LogP contribution in [0.3, 0.4) is 0 Å². The molecule has 1 aliphatic rings.